The van der Waals surface area contributed by atoms with E-state index in [9.17, 15) is 9.90 Å². The third kappa shape index (κ3) is 4.00. The van der Waals surface area contributed by atoms with Gasteiger partial charge in [0.05, 0.1) is 0 Å². The van der Waals surface area contributed by atoms with Crippen molar-refractivity contribution in [2.24, 2.45) is 5.41 Å². The summed E-state index contributed by atoms with van der Waals surface area (Å²) in [6.45, 7) is 6.27. The van der Waals surface area contributed by atoms with Gasteiger partial charge in [0, 0.05) is 36.2 Å². The summed E-state index contributed by atoms with van der Waals surface area (Å²) in [6, 6.07) is 5.30. The summed E-state index contributed by atoms with van der Waals surface area (Å²) >= 11 is 5.95. The first-order chi connectivity index (χ1) is 8.25. The van der Waals surface area contributed by atoms with Crippen LogP contribution in [-0.2, 0) is 0 Å². The number of aliphatic hydroxyl groups is 1. The minimum atomic E-state index is -0.308. The molecule has 0 aromatic heterocycles. The summed E-state index contributed by atoms with van der Waals surface area (Å²) in [5.41, 5.74) is 1.23. The van der Waals surface area contributed by atoms with Gasteiger partial charge in [-0.05, 0) is 30.7 Å². The Hall–Kier alpha value is -1.06. The van der Waals surface area contributed by atoms with Gasteiger partial charge < -0.3 is 10.0 Å². The largest absolute Gasteiger partial charge is 0.396 e. The Morgan fingerprint density at radius 1 is 1.39 bits per heavy atom. The summed E-state index contributed by atoms with van der Waals surface area (Å²) < 4.78 is 0. The van der Waals surface area contributed by atoms with Crippen molar-refractivity contribution in [2.75, 3.05) is 20.2 Å². The van der Waals surface area contributed by atoms with E-state index in [1.165, 1.54) is 0 Å². The molecule has 0 unspecified atom stereocenters. The molecule has 0 saturated heterocycles. The molecule has 100 valence electrons. The van der Waals surface area contributed by atoms with Crippen molar-refractivity contribution in [1.29, 1.82) is 0 Å². The third-order valence-corrected chi connectivity index (χ3v) is 2.95. The zero-order chi connectivity index (χ0) is 13.9. The van der Waals surface area contributed by atoms with Gasteiger partial charge in [0.1, 0.15) is 0 Å². The lowest BCUT2D eigenvalue weighted by Crippen LogP contribution is -2.37. The van der Waals surface area contributed by atoms with Gasteiger partial charge in [0.2, 0.25) is 0 Å². The summed E-state index contributed by atoms with van der Waals surface area (Å²) in [6.07, 6.45) is 0. The van der Waals surface area contributed by atoms with Crippen molar-refractivity contribution < 1.29 is 9.90 Å². The van der Waals surface area contributed by atoms with E-state index in [4.69, 9.17) is 11.6 Å². The average molecular weight is 270 g/mol. The average Bonchev–Trinajstić information content (AvgIpc) is 2.26. The van der Waals surface area contributed by atoms with Crippen LogP contribution in [0.25, 0.3) is 0 Å². The molecular weight excluding hydrogens is 250 g/mol. The molecule has 0 saturated carbocycles. The number of aliphatic hydroxyl groups excluding tert-OH is 1. The van der Waals surface area contributed by atoms with Crippen LogP contribution in [0.2, 0.25) is 5.02 Å². The normalized spacial score (nSPS) is 11.4. The smallest absolute Gasteiger partial charge is 0.253 e. The predicted molar refractivity (Wildman–Crippen MR) is 74.0 cm³/mol. The van der Waals surface area contributed by atoms with E-state index >= 15 is 0 Å². The minimum Gasteiger partial charge on any atom is -0.396 e. The summed E-state index contributed by atoms with van der Waals surface area (Å²) in [5, 5.41) is 9.79. The molecule has 0 radical (unpaired) electrons. The SMILES string of the molecule is Cc1cc(Cl)cc(C(=O)N(C)CC(C)(C)CO)c1. The lowest BCUT2D eigenvalue weighted by atomic mass is 9.94. The van der Waals surface area contributed by atoms with Crippen LogP contribution in [0.4, 0.5) is 0 Å². The number of benzene rings is 1. The molecular formula is C14H20ClNO2. The molecule has 1 rings (SSSR count). The lowest BCUT2D eigenvalue weighted by Gasteiger charge is -2.28. The van der Waals surface area contributed by atoms with Crippen LogP contribution < -0.4 is 0 Å². The molecule has 4 heteroatoms. The zero-order valence-electron chi connectivity index (χ0n) is 11.3. The van der Waals surface area contributed by atoms with Crippen molar-refractivity contribution >= 4 is 17.5 Å². The maximum Gasteiger partial charge on any atom is 0.253 e. The number of carbonyl (C=O) groups excluding carboxylic acids is 1. The number of rotatable bonds is 4. The summed E-state index contributed by atoms with van der Waals surface area (Å²) in [7, 11) is 1.73. The monoisotopic (exact) mass is 269 g/mol. The van der Waals surface area contributed by atoms with Gasteiger partial charge in [0.25, 0.3) is 5.91 Å². The maximum absolute atomic E-state index is 12.2. The topological polar surface area (TPSA) is 40.5 Å². The number of aryl methyl sites for hydroxylation is 1. The van der Waals surface area contributed by atoms with Crippen LogP contribution >= 0.6 is 11.6 Å². The van der Waals surface area contributed by atoms with Crippen molar-refractivity contribution in [3.05, 3.63) is 34.3 Å². The number of hydrogen-bond acceptors (Lipinski definition) is 2. The van der Waals surface area contributed by atoms with Crippen molar-refractivity contribution in [2.45, 2.75) is 20.8 Å². The van der Waals surface area contributed by atoms with Crippen LogP contribution in [0.3, 0.4) is 0 Å². The quantitative estimate of drug-likeness (QED) is 0.913. The Bertz CT molecular complexity index is 423. The van der Waals surface area contributed by atoms with Gasteiger partial charge in [-0.1, -0.05) is 25.4 Å². The highest BCUT2D eigenvalue weighted by Crippen LogP contribution is 2.19. The number of carbonyl (C=O) groups is 1. The van der Waals surface area contributed by atoms with E-state index in [0.29, 0.717) is 17.1 Å². The van der Waals surface area contributed by atoms with Gasteiger partial charge in [-0.25, -0.2) is 0 Å². The van der Waals surface area contributed by atoms with Crippen molar-refractivity contribution in [3.8, 4) is 0 Å². The molecule has 3 nitrogen and oxygen atoms in total. The molecule has 0 aliphatic carbocycles. The second kappa shape index (κ2) is 5.72. The summed E-state index contributed by atoms with van der Waals surface area (Å²) in [4.78, 5) is 13.8. The molecule has 0 bridgehead atoms. The molecule has 18 heavy (non-hydrogen) atoms. The van der Waals surface area contributed by atoms with Crippen molar-refractivity contribution in [1.82, 2.24) is 4.90 Å². The second-order valence-electron chi connectivity index (χ2n) is 5.50. The van der Waals surface area contributed by atoms with Crippen LogP contribution in [0.5, 0.6) is 0 Å². The van der Waals surface area contributed by atoms with E-state index in [2.05, 4.69) is 0 Å². The Morgan fingerprint density at radius 3 is 2.50 bits per heavy atom. The molecule has 0 spiro atoms. The fourth-order valence-corrected chi connectivity index (χ4v) is 2.13. The van der Waals surface area contributed by atoms with E-state index in [1.807, 2.05) is 32.9 Å². The van der Waals surface area contributed by atoms with E-state index in [1.54, 1.807) is 18.0 Å². The van der Waals surface area contributed by atoms with E-state index in [0.717, 1.165) is 5.56 Å². The van der Waals surface area contributed by atoms with Gasteiger partial charge in [-0.2, -0.15) is 0 Å². The first-order valence-electron chi connectivity index (χ1n) is 5.89. The van der Waals surface area contributed by atoms with Crippen LogP contribution in [-0.4, -0.2) is 36.1 Å². The Morgan fingerprint density at radius 2 is 2.00 bits per heavy atom. The molecule has 1 aromatic carbocycles. The highest BCUT2D eigenvalue weighted by atomic mass is 35.5. The highest BCUT2D eigenvalue weighted by molar-refractivity contribution is 6.31. The van der Waals surface area contributed by atoms with E-state index in [-0.39, 0.29) is 17.9 Å². The highest BCUT2D eigenvalue weighted by Gasteiger charge is 2.22. The fourth-order valence-electron chi connectivity index (χ4n) is 1.84. The Balaban J connectivity index is 2.87. The molecule has 0 fully saturated rings. The Labute approximate surface area is 113 Å². The van der Waals surface area contributed by atoms with Crippen LogP contribution in [0.15, 0.2) is 18.2 Å². The Kier molecular flexibility index (Phi) is 4.77. The minimum absolute atomic E-state index is 0.0409. The first-order valence-corrected chi connectivity index (χ1v) is 6.26. The zero-order valence-corrected chi connectivity index (χ0v) is 12.1. The first kappa shape index (κ1) is 15.0. The standard InChI is InChI=1S/C14H20ClNO2/c1-10-5-11(7-12(15)6-10)13(18)16(4)8-14(2,3)9-17/h5-7,17H,8-9H2,1-4H3. The summed E-state index contributed by atoms with van der Waals surface area (Å²) in [5.74, 6) is -0.0814. The number of hydrogen-bond donors (Lipinski definition) is 1. The number of nitrogens with zero attached hydrogens (tertiary/aromatic N) is 1. The number of halogens is 1. The molecule has 0 heterocycles. The molecule has 1 amide bonds. The second-order valence-corrected chi connectivity index (χ2v) is 5.94. The third-order valence-electron chi connectivity index (χ3n) is 2.73. The van der Waals surface area contributed by atoms with Crippen molar-refractivity contribution in [3.63, 3.8) is 0 Å². The van der Waals surface area contributed by atoms with Gasteiger partial charge in [-0.15, -0.1) is 0 Å². The molecule has 1 aromatic rings. The maximum atomic E-state index is 12.2. The van der Waals surface area contributed by atoms with Crippen LogP contribution in [0, 0.1) is 12.3 Å². The molecule has 1 N–H and O–H groups in total. The lowest BCUT2D eigenvalue weighted by molar-refractivity contribution is 0.0663. The number of amides is 1. The van der Waals surface area contributed by atoms with Gasteiger partial charge in [-0.3, -0.25) is 4.79 Å². The fraction of sp³-hybridized carbons (Fsp3) is 0.500. The molecule has 0 aliphatic heterocycles. The van der Waals surface area contributed by atoms with Gasteiger partial charge in [0.15, 0.2) is 0 Å². The molecule has 0 aliphatic rings. The van der Waals surface area contributed by atoms with E-state index < -0.39 is 0 Å². The molecule has 0 atom stereocenters. The predicted octanol–water partition coefficient (Wildman–Crippen LogP) is 2.74. The van der Waals surface area contributed by atoms with Gasteiger partial charge >= 0.3 is 0 Å². The van der Waals surface area contributed by atoms with Crippen LogP contribution in [0.1, 0.15) is 29.8 Å².